The maximum absolute atomic E-state index is 5.49. The van der Waals surface area contributed by atoms with Crippen molar-refractivity contribution in [2.24, 2.45) is 5.92 Å². The van der Waals surface area contributed by atoms with E-state index < -0.39 is 0 Å². The third-order valence-corrected chi connectivity index (χ3v) is 4.68. The van der Waals surface area contributed by atoms with Crippen molar-refractivity contribution < 1.29 is 4.18 Å². The zero-order valence-electron chi connectivity index (χ0n) is 10.9. The number of rotatable bonds is 5. The van der Waals surface area contributed by atoms with Crippen LogP contribution in [0.5, 0.6) is 0 Å². The summed E-state index contributed by atoms with van der Waals surface area (Å²) in [5, 5.41) is 0. The maximum atomic E-state index is 5.49. The second-order valence-corrected chi connectivity index (χ2v) is 7.04. The number of nitrogens with zero attached hydrogens (tertiary/aromatic N) is 1. The third-order valence-electron chi connectivity index (χ3n) is 3.69. The molecule has 0 aliphatic carbocycles. The normalized spacial score (nSPS) is 23.4. The molecule has 4 heteroatoms. The molecule has 0 saturated carbocycles. The van der Waals surface area contributed by atoms with Gasteiger partial charge in [-0.05, 0) is 31.7 Å². The van der Waals surface area contributed by atoms with Crippen molar-refractivity contribution >= 4 is 30.4 Å². The molecule has 1 aliphatic heterocycles. The summed E-state index contributed by atoms with van der Waals surface area (Å²) in [6, 6.07) is 10.7. The molecule has 0 radical (unpaired) electrons. The van der Waals surface area contributed by atoms with Crippen molar-refractivity contribution in [3.05, 3.63) is 35.9 Å². The van der Waals surface area contributed by atoms with Crippen LogP contribution in [0.1, 0.15) is 25.8 Å². The molecule has 1 fully saturated rings. The fourth-order valence-corrected chi connectivity index (χ4v) is 3.46. The van der Waals surface area contributed by atoms with Gasteiger partial charge in [-0.3, -0.25) is 4.90 Å². The van der Waals surface area contributed by atoms with Gasteiger partial charge < -0.3 is 4.18 Å². The molecule has 1 heterocycles. The summed E-state index contributed by atoms with van der Waals surface area (Å²) in [7, 11) is 1.45. The summed E-state index contributed by atoms with van der Waals surface area (Å²) in [5.74, 6) is 0.658. The third kappa shape index (κ3) is 3.85. The minimum absolute atomic E-state index is 0.278. The first-order valence-corrected chi connectivity index (χ1v) is 9.59. The van der Waals surface area contributed by atoms with Gasteiger partial charge in [0.25, 0.3) is 0 Å². The predicted molar refractivity (Wildman–Crippen MR) is 86.6 cm³/mol. The van der Waals surface area contributed by atoms with Crippen LogP contribution in [0.3, 0.4) is 0 Å². The van der Waals surface area contributed by atoms with E-state index in [1.807, 2.05) is 0 Å². The molecule has 100 valence electrons. The molecule has 1 unspecified atom stereocenters. The summed E-state index contributed by atoms with van der Waals surface area (Å²) < 4.78 is 5.49. The largest absolute Gasteiger partial charge is 0.305 e. The zero-order chi connectivity index (χ0) is 13.0. The summed E-state index contributed by atoms with van der Waals surface area (Å²) in [6.45, 7) is 7.73. The fraction of sp³-hybridized carbons (Fsp3) is 0.571. The Morgan fingerprint density at radius 2 is 2.11 bits per heavy atom. The minimum atomic E-state index is 0.278. The van der Waals surface area contributed by atoms with Crippen LogP contribution >= 0.6 is 30.4 Å². The van der Waals surface area contributed by atoms with Crippen molar-refractivity contribution in [1.29, 1.82) is 0 Å². The molecular formula is C14H20INOS. The van der Waals surface area contributed by atoms with Gasteiger partial charge in [0.1, 0.15) is 0 Å². The Morgan fingerprint density at radius 3 is 2.78 bits per heavy atom. The molecule has 2 rings (SSSR count). The molecule has 1 atom stereocenters. The van der Waals surface area contributed by atoms with Gasteiger partial charge in [0, 0.05) is 39.8 Å². The highest BCUT2D eigenvalue weighted by molar-refractivity contribution is 14.2. The lowest BCUT2D eigenvalue weighted by atomic mass is 9.97. The van der Waals surface area contributed by atoms with Crippen molar-refractivity contribution in [2.75, 3.05) is 13.2 Å². The van der Waals surface area contributed by atoms with Crippen molar-refractivity contribution in [3.8, 4) is 0 Å². The Bertz CT molecular complexity index is 371. The first-order valence-electron chi connectivity index (χ1n) is 6.31. The van der Waals surface area contributed by atoms with Gasteiger partial charge in [-0.1, -0.05) is 30.3 Å². The van der Waals surface area contributed by atoms with E-state index in [4.69, 9.17) is 4.18 Å². The summed E-state index contributed by atoms with van der Waals surface area (Å²) in [5.41, 5.74) is 1.68. The molecular weight excluding hydrogens is 357 g/mol. The lowest BCUT2D eigenvalue weighted by Crippen LogP contribution is -2.37. The second-order valence-electron chi connectivity index (χ2n) is 5.60. The van der Waals surface area contributed by atoms with Crippen LogP contribution in [-0.2, 0) is 10.7 Å². The topological polar surface area (TPSA) is 12.5 Å². The van der Waals surface area contributed by atoms with E-state index >= 15 is 0 Å². The van der Waals surface area contributed by atoms with Gasteiger partial charge in [-0.25, -0.2) is 0 Å². The van der Waals surface area contributed by atoms with Gasteiger partial charge in [0.15, 0.2) is 0 Å². The van der Waals surface area contributed by atoms with Crippen LogP contribution in [0.2, 0.25) is 0 Å². The van der Waals surface area contributed by atoms with Crippen LogP contribution < -0.4 is 0 Å². The Labute approximate surface area is 126 Å². The average molecular weight is 377 g/mol. The van der Waals surface area contributed by atoms with Crippen LogP contribution in [-0.4, -0.2) is 23.6 Å². The molecule has 1 aromatic rings. The van der Waals surface area contributed by atoms with Crippen LogP contribution in [0.4, 0.5) is 0 Å². The maximum Gasteiger partial charge on any atom is 0.0664 e. The van der Waals surface area contributed by atoms with E-state index in [0.29, 0.717) is 5.92 Å². The van der Waals surface area contributed by atoms with E-state index in [1.54, 1.807) is 0 Å². The van der Waals surface area contributed by atoms with Crippen molar-refractivity contribution in [1.82, 2.24) is 4.90 Å². The molecule has 2 nitrogen and oxygen atoms in total. The van der Waals surface area contributed by atoms with Gasteiger partial charge in [0.2, 0.25) is 0 Å². The molecule has 0 spiro atoms. The van der Waals surface area contributed by atoms with E-state index in [2.05, 4.69) is 70.3 Å². The fourth-order valence-electron chi connectivity index (χ4n) is 2.77. The van der Waals surface area contributed by atoms with Crippen molar-refractivity contribution in [2.45, 2.75) is 32.4 Å². The molecule has 0 aromatic heterocycles. The Morgan fingerprint density at radius 1 is 1.39 bits per heavy atom. The number of hydrogen-bond donors (Lipinski definition) is 0. The van der Waals surface area contributed by atoms with E-state index in [9.17, 15) is 0 Å². The SMILES string of the molecule is CC1(C)CC(COSI)CN1Cc1ccccc1. The molecule has 1 aliphatic rings. The van der Waals surface area contributed by atoms with E-state index in [1.165, 1.54) is 21.2 Å². The smallest absolute Gasteiger partial charge is 0.0664 e. The molecule has 1 saturated heterocycles. The summed E-state index contributed by atoms with van der Waals surface area (Å²) in [4.78, 5) is 2.58. The first kappa shape index (κ1) is 14.6. The summed E-state index contributed by atoms with van der Waals surface area (Å²) in [6.07, 6.45) is 1.22. The average Bonchev–Trinajstić information content (AvgIpc) is 2.63. The standard InChI is InChI=1S/C14H20INOS/c1-14(2)8-13(11-17-18-15)10-16(14)9-12-6-4-3-5-7-12/h3-7,13H,8-11H2,1-2H3. The number of likely N-dealkylation sites (tertiary alicyclic amines) is 1. The monoisotopic (exact) mass is 377 g/mol. The van der Waals surface area contributed by atoms with Crippen LogP contribution in [0, 0.1) is 5.92 Å². The lowest BCUT2D eigenvalue weighted by Gasteiger charge is -2.31. The quantitative estimate of drug-likeness (QED) is 0.561. The van der Waals surface area contributed by atoms with Gasteiger partial charge in [-0.15, -0.1) is 0 Å². The van der Waals surface area contributed by atoms with Gasteiger partial charge in [0.05, 0.1) is 15.8 Å². The number of hydrogen-bond acceptors (Lipinski definition) is 3. The Balaban J connectivity index is 1.96. The summed E-state index contributed by atoms with van der Waals surface area (Å²) >= 11 is 2.19. The Hall–Kier alpha value is 0.220. The molecule has 1 aromatic carbocycles. The Kier molecular flexibility index (Phi) is 5.35. The van der Waals surface area contributed by atoms with Crippen LogP contribution in [0.25, 0.3) is 0 Å². The molecule has 18 heavy (non-hydrogen) atoms. The predicted octanol–water partition coefficient (Wildman–Crippen LogP) is 4.30. The first-order chi connectivity index (χ1) is 8.62. The molecule has 0 amide bonds. The van der Waals surface area contributed by atoms with E-state index in [0.717, 1.165) is 19.7 Å². The van der Waals surface area contributed by atoms with Crippen LogP contribution in [0.15, 0.2) is 30.3 Å². The molecule has 0 bridgehead atoms. The highest BCUT2D eigenvalue weighted by Crippen LogP contribution is 2.34. The van der Waals surface area contributed by atoms with Gasteiger partial charge in [-0.2, -0.15) is 0 Å². The highest BCUT2D eigenvalue weighted by Gasteiger charge is 2.38. The van der Waals surface area contributed by atoms with Gasteiger partial charge >= 0.3 is 0 Å². The minimum Gasteiger partial charge on any atom is -0.305 e. The zero-order valence-corrected chi connectivity index (χ0v) is 13.9. The number of halogens is 1. The molecule has 0 N–H and O–H groups in total. The highest BCUT2D eigenvalue weighted by atomic mass is 127. The van der Waals surface area contributed by atoms with E-state index in [-0.39, 0.29) is 5.54 Å². The number of benzene rings is 1. The lowest BCUT2D eigenvalue weighted by molar-refractivity contribution is 0.165. The van der Waals surface area contributed by atoms with Crippen molar-refractivity contribution in [3.63, 3.8) is 0 Å². The second kappa shape index (κ2) is 6.59.